The number of hydrogen-bond donors (Lipinski definition) is 1. The van der Waals surface area contributed by atoms with Crippen LogP contribution in [-0.2, 0) is 16.8 Å². The molecule has 0 atom stereocenters. The van der Waals surface area contributed by atoms with E-state index >= 15 is 0 Å². The smallest absolute Gasteiger partial charge is 0.101 e. The second-order valence-corrected chi connectivity index (χ2v) is 25.5. The third-order valence-corrected chi connectivity index (χ3v) is 22.5. The number of benzene rings is 8. The second kappa shape index (κ2) is 26.7. The molecule has 10 heteroatoms. The fourth-order valence-corrected chi connectivity index (χ4v) is 19.8. The summed E-state index contributed by atoms with van der Waals surface area (Å²) in [5, 5.41) is 12.1. The fraction of sp³-hybridized carbons (Fsp3) is 0.0769. The average Bonchev–Trinajstić information content (AvgIpc) is 3.31. The van der Waals surface area contributed by atoms with Gasteiger partial charge in [-0.3, -0.25) is 0 Å². The molecule has 1 N–H and O–H groups in total. The molecule has 0 unspecified atom stereocenters. The molecule has 62 heavy (non-hydrogen) atoms. The van der Waals surface area contributed by atoms with E-state index in [1.165, 1.54) is 67.1 Å². The standard InChI is InChI=1S/2C26H24P2.ClHO4.Co/c2*1-5-13-23(14-6-1)27(24-15-7-2-8-16-24)21-22-28(25-17-9-3-10-18-25)26-19-11-4-12-20-26;2-1(3,4)5;/h2*1-20H,21-22H2;(H,2,3,4,5);/p+4. The van der Waals surface area contributed by atoms with E-state index in [1.807, 2.05) is 0 Å². The summed E-state index contributed by atoms with van der Waals surface area (Å²) in [4.78, 5) is 0. The topological polar surface area (TPSA) is 89.4 Å². The Bertz CT molecular complexity index is 1880. The first kappa shape index (κ1) is 49.1. The van der Waals surface area contributed by atoms with E-state index in [4.69, 9.17) is 18.6 Å². The maximum absolute atomic E-state index is 8.60. The maximum atomic E-state index is 8.60. The summed E-state index contributed by atoms with van der Waals surface area (Å²) < 4.78 is 32.7. The maximum Gasteiger partial charge on any atom is 0.101 e. The van der Waals surface area contributed by atoms with Crippen molar-refractivity contribution < 1.29 is 45.7 Å². The molecule has 0 saturated heterocycles. The molecule has 8 aromatic rings. The van der Waals surface area contributed by atoms with Gasteiger partial charge in [-0.25, -0.2) is 0 Å². The van der Waals surface area contributed by atoms with Crippen LogP contribution in [0.2, 0.25) is 0 Å². The van der Waals surface area contributed by atoms with Gasteiger partial charge in [0.05, 0.1) is 89.0 Å². The molecule has 4 nitrogen and oxygen atoms in total. The molecule has 8 rings (SSSR count). The van der Waals surface area contributed by atoms with Crippen molar-refractivity contribution in [1.29, 1.82) is 0 Å². The summed E-state index contributed by atoms with van der Waals surface area (Å²) in [6, 6.07) is 89.0. The minimum absolute atomic E-state index is 0. The first-order valence-corrected chi connectivity index (χ1v) is 28.4. The molecular weight excluding hydrogens is 907 g/mol. The van der Waals surface area contributed by atoms with Crippen LogP contribution in [0.1, 0.15) is 0 Å². The molecule has 8 aromatic carbocycles. The summed E-state index contributed by atoms with van der Waals surface area (Å²) in [6.07, 6.45) is 5.04. The zero-order valence-corrected chi connectivity index (χ0v) is 40.1. The molecular formula is C52H53ClCoO4P4+4. The Hall–Kier alpha value is -3.88. The monoisotopic (exact) mass is 959 g/mol. The molecule has 0 aromatic heterocycles. The van der Waals surface area contributed by atoms with Gasteiger partial charge in [0.15, 0.2) is 0 Å². The molecule has 0 bridgehead atoms. The summed E-state index contributed by atoms with van der Waals surface area (Å²) in [5.41, 5.74) is 0. The predicted molar refractivity (Wildman–Crippen MR) is 264 cm³/mol. The Morgan fingerprint density at radius 2 is 0.355 bits per heavy atom. The van der Waals surface area contributed by atoms with Crippen molar-refractivity contribution in [1.82, 2.24) is 0 Å². The third kappa shape index (κ3) is 16.3. The Labute approximate surface area is 384 Å². The summed E-state index contributed by atoms with van der Waals surface area (Å²) in [6.45, 7) is 0. The van der Waals surface area contributed by atoms with Crippen LogP contribution in [0.15, 0.2) is 243 Å². The van der Waals surface area contributed by atoms with E-state index in [-0.39, 0.29) is 16.8 Å². The molecule has 0 heterocycles. The number of halogens is 1. The van der Waals surface area contributed by atoms with Gasteiger partial charge in [0, 0.05) is 16.8 Å². The summed E-state index contributed by atoms with van der Waals surface area (Å²) >= 11 is 0. The largest absolute Gasteiger partial charge is 0.183 e. The van der Waals surface area contributed by atoms with E-state index in [1.54, 1.807) is 0 Å². The predicted octanol–water partition coefficient (Wildman–Crippen LogP) is 5.31. The van der Waals surface area contributed by atoms with Gasteiger partial charge in [0.1, 0.15) is 24.6 Å². The van der Waals surface area contributed by atoms with E-state index in [0.29, 0.717) is 0 Å². The van der Waals surface area contributed by atoms with Crippen LogP contribution in [0.4, 0.5) is 0 Å². The van der Waals surface area contributed by atoms with Gasteiger partial charge in [-0.05, 0) is 97.1 Å². The van der Waals surface area contributed by atoms with Crippen LogP contribution in [0.25, 0.3) is 0 Å². The average molecular weight is 960 g/mol. The van der Waals surface area contributed by atoms with Gasteiger partial charge in [-0.1, -0.05) is 146 Å². The van der Waals surface area contributed by atoms with Crippen LogP contribution >= 0.6 is 31.7 Å². The first-order chi connectivity index (χ1) is 29.8. The summed E-state index contributed by atoms with van der Waals surface area (Å²) in [7, 11) is -7.83. The number of hydrogen-bond acceptors (Lipinski definition) is 4. The molecule has 0 aliphatic rings. The van der Waals surface area contributed by atoms with Gasteiger partial charge in [0.2, 0.25) is 0 Å². The second-order valence-electron chi connectivity index (χ2n) is 14.2. The van der Waals surface area contributed by atoms with Crippen molar-refractivity contribution in [2.75, 3.05) is 24.6 Å². The van der Waals surface area contributed by atoms with E-state index < -0.39 is 41.9 Å². The molecule has 0 amide bonds. The Balaban J connectivity index is 0.000000208. The Kier molecular flexibility index (Phi) is 21.1. The van der Waals surface area contributed by atoms with Gasteiger partial charge in [0.25, 0.3) is 0 Å². The van der Waals surface area contributed by atoms with E-state index in [0.717, 1.165) is 0 Å². The normalized spacial score (nSPS) is 11.0. The first-order valence-electron chi connectivity index (χ1n) is 20.3. The fourth-order valence-electron chi connectivity index (χ4n) is 7.44. The molecule has 0 aliphatic heterocycles. The molecule has 0 spiro atoms. The summed E-state index contributed by atoms with van der Waals surface area (Å²) in [5.74, 6) is 0. The quantitative estimate of drug-likeness (QED) is 0.150. The van der Waals surface area contributed by atoms with E-state index in [9.17, 15) is 0 Å². The van der Waals surface area contributed by atoms with Crippen LogP contribution < -0.4 is 56.4 Å². The van der Waals surface area contributed by atoms with Crippen LogP contribution in [0.3, 0.4) is 0 Å². The van der Waals surface area contributed by atoms with Crippen LogP contribution in [0.5, 0.6) is 0 Å². The molecule has 0 saturated carbocycles. The van der Waals surface area contributed by atoms with Crippen LogP contribution in [-0.4, -0.2) is 29.3 Å². The Morgan fingerprint density at radius 3 is 0.452 bits per heavy atom. The molecule has 1 radical (unpaired) electrons. The van der Waals surface area contributed by atoms with Crippen molar-refractivity contribution in [3.63, 3.8) is 0 Å². The Morgan fingerprint density at radius 1 is 0.258 bits per heavy atom. The molecule has 0 aliphatic carbocycles. The zero-order chi connectivity index (χ0) is 42.5. The number of rotatable bonds is 14. The van der Waals surface area contributed by atoms with Crippen molar-refractivity contribution in [3.05, 3.63) is 243 Å². The van der Waals surface area contributed by atoms with E-state index in [2.05, 4.69) is 243 Å². The molecule has 0 fully saturated rings. The minimum Gasteiger partial charge on any atom is -0.183 e. The SMILES string of the molecule is [Co].[O-][Cl+3]([O-])([O-])O.c1ccc([PH+](CC[PH+](c2ccccc2)c2ccccc2)c2ccccc2)cc1.c1ccc([PH+](CC[PH+](c2ccccc2)c2ccccc2)c2ccccc2)cc1. The van der Waals surface area contributed by atoms with Crippen LogP contribution in [0, 0.1) is 10.2 Å². The van der Waals surface area contributed by atoms with Gasteiger partial charge >= 0.3 is 0 Å². The van der Waals surface area contributed by atoms with Gasteiger partial charge in [-0.2, -0.15) is 14.0 Å². The van der Waals surface area contributed by atoms with Gasteiger partial charge in [-0.15, -0.1) is 0 Å². The van der Waals surface area contributed by atoms with Crippen molar-refractivity contribution in [3.8, 4) is 0 Å². The minimum atomic E-state index is -4.69. The van der Waals surface area contributed by atoms with Gasteiger partial charge < -0.3 is 0 Å². The third-order valence-electron chi connectivity index (χ3n) is 10.2. The van der Waals surface area contributed by atoms with Crippen molar-refractivity contribution >= 4 is 74.1 Å². The zero-order valence-electron chi connectivity index (χ0n) is 34.3. The van der Waals surface area contributed by atoms with Crippen molar-refractivity contribution in [2.45, 2.75) is 0 Å². The van der Waals surface area contributed by atoms with Crippen molar-refractivity contribution in [2.24, 2.45) is 0 Å². The molecule has 317 valence electrons.